The number of amides is 1. The third-order valence-electron chi connectivity index (χ3n) is 2.38. The number of carbonyl (C=O) groups is 1. The molecule has 1 rings (SSSR count). The number of primary amides is 1. The molecule has 0 saturated heterocycles. The van der Waals surface area contributed by atoms with Crippen molar-refractivity contribution >= 4 is 12.0 Å². The van der Waals surface area contributed by atoms with Crippen molar-refractivity contribution in [3.8, 4) is 11.5 Å². The third kappa shape index (κ3) is 4.49. The molecule has 0 aromatic heterocycles. The van der Waals surface area contributed by atoms with E-state index >= 15 is 0 Å². The van der Waals surface area contributed by atoms with Crippen molar-refractivity contribution in [2.45, 2.75) is 19.8 Å². The summed E-state index contributed by atoms with van der Waals surface area (Å²) in [5.74, 6) is 0.886. The quantitative estimate of drug-likeness (QED) is 0.596. The lowest BCUT2D eigenvalue weighted by Gasteiger charge is -2.10. The zero-order chi connectivity index (χ0) is 13.4. The second-order valence-corrected chi connectivity index (χ2v) is 3.85. The van der Waals surface area contributed by atoms with Crippen LogP contribution in [0, 0.1) is 0 Å². The van der Waals surface area contributed by atoms with Crippen LogP contribution in [0.1, 0.15) is 25.3 Å². The standard InChI is InChI=1S/C14H19NO3/c1-3-4-9-18-12-7-5-11(6-8-14(15)16)10-13(12)17-2/h5-8,10H,3-4,9H2,1-2H3,(H2,15,16)/b8-6-. The van der Waals surface area contributed by atoms with Gasteiger partial charge in [0.25, 0.3) is 0 Å². The van der Waals surface area contributed by atoms with Crippen LogP contribution in [0.3, 0.4) is 0 Å². The number of methoxy groups -OCH3 is 1. The highest BCUT2D eigenvalue weighted by molar-refractivity contribution is 5.90. The summed E-state index contributed by atoms with van der Waals surface area (Å²) in [5.41, 5.74) is 5.88. The summed E-state index contributed by atoms with van der Waals surface area (Å²) in [6.07, 6.45) is 5.04. The molecule has 2 N–H and O–H groups in total. The normalized spacial score (nSPS) is 10.6. The summed E-state index contributed by atoms with van der Waals surface area (Å²) in [7, 11) is 1.59. The molecular weight excluding hydrogens is 230 g/mol. The van der Waals surface area contributed by atoms with E-state index in [4.69, 9.17) is 15.2 Å². The number of nitrogens with two attached hydrogens (primary N) is 1. The maximum atomic E-state index is 10.6. The van der Waals surface area contributed by atoms with Crippen LogP contribution >= 0.6 is 0 Å². The molecule has 0 fully saturated rings. The Morgan fingerprint density at radius 3 is 2.78 bits per heavy atom. The van der Waals surface area contributed by atoms with Crippen molar-refractivity contribution in [2.24, 2.45) is 5.73 Å². The maximum Gasteiger partial charge on any atom is 0.241 e. The predicted octanol–water partition coefficient (Wildman–Crippen LogP) is 2.37. The number of carbonyl (C=O) groups excluding carboxylic acids is 1. The molecule has 1 amide bonds. The van der Waals surface area contributed by atoms with Crippen LogP contribution in [0.5, 0.6) is 11.5 Å². The molecular formula is C14H19NO3. The first kappa shape index (κ1) is 14.1. The number of benzene rings is 1. The molecule has 1 aromatic rings. The summed E-state index contributed by atoms with van der Waals surface area (Å²) in [4.78, 5) is 10.6. The summed E-state index contributed by atoms with van der Waals surface area (Å²) < 4.78 is 10.9. The third-order valence-corrected chi connectivity index (χ3v) is 2.38. The average molecular weight is 249 g/mol. The van der Waals surface area contributed by atoms with Crippen molar-refractivity contribution in [2.75, 3.05) is 13.7 Å². The first-order valence-corrected chi connectivity index (χ1v) is 5.95. The molecule has 4 nitrogen and oxygen atoms in total. The van der Waals surface area contributed by atoms with Gasteiger partial charge >= 0.3 is 0 Å². The van der Waals surface area contributed by atoms with E-state index < -0.39 is 5.91 Å². The van der Waals surface area contributed by atoms with Crippen LogP contribution in [0.15, 0.2) is 24.3 Å². The van der Waals surface area contributed by atoms with Crippen LogP contribution in [0.2, 0.25) is 0 Å². The van der Waals surface area contributed by atoms with Crippen LogP contribution < -0.4 is 15.2 Å². The van der Waals surface area contributed by atoms with Gasteiger partial charge in [0.15, 0.2) is 11.5 Å². The molecule has 0 aliphatic heterocycles. The van der Waals surface area contributed by atoms with Gasteiger partial charge in [0, 0.05) is 6.08 Å². The summed E-state index contributed by atoms with van der Waals surface area (Å²) in [6.45, 7) is 2.78. The monoisotopic (exact) mass is 249 g/mol. The molecule has 0 radical (unpaired) electrons. The Balaban J connectivity index is 2.79. The minimum Gasteiger partial charge on any atom is -0.493 e. The molecule has 0 spiro atoms. The fraction of sp³-hybridized carbons (Fsp3) is 0.357. The fourth-order valence-corrected chi connectivity index (χ4v) is 1.41. The van der Waals surface area contributed by atoms with Crippen LogP contribution in [-0.4, -0.2) is 19.6 Å². The lowest BCUT2D eigenvalue weighted by molar-refractivity contribution is -0.113. The van der Waals surface area contributed by atoms with Crippen molar-refractivity contribution in [1.82, 2.24) is 0 Å². The summed E-state index contributed by atoms with van der Waals surface area (Å²) in [6, 6.07) is 5.49. The Bertz CT molecular complexity index is 427. The minimum absolute atomic E-state index is 0.475. The SMILES string of the molecule is CCCCOc1ccc(/C=C\C(N)=O)cc1OC. The first-order valence-electron chi connectivity index (χ1n) is 5.95. The average Bonchev–Trinajstić information content (AvgIpc) is 2.37. The predicted molar refractivity (Wildman–Crippen MR) is 71.6 cm³/mol. The second kappa shape index (κ2) is 7.37. The van der Waals surface area contributed by atoms with E-state index in [0.717, 1.165) is 18.4 Å². The molecule has 18 heavy (non-hydrogen) atoms. The minimum atomic E-state index is -0.475. The van der Waals surface area contributed by atoms with Gasteiger partial charge in [-0.3, -0.25) is 4.79 Å². The number of rotatable bonds is 7. The van der Waals surface area contributed by atoms with Crippen molar-refractivity contribution in [3.05, 3.63) is 29.8 Å². The lowest BCUT2D eigenvalue weighted by atomic mass is 10.2. The van der Waals surface area contributed by atoms with Crippen molar-refractivity contribution in [3.63, 3.8) is 0 Å². The summed E-state index contributed by atoms with van der Waals surface area (Å²) >= 11 is 0. The number of unbranched alkanes of at least 4 members (excludes halogenated alkanes) is 1. The molecule has 0 heterocycles. The molecule has 0 atom stereocenters. The van der Waals surface area contributed by atoms with Gasteiger partial charge in [0.05, 0.1) is 13.7 Å². The van der Waals surface area contributed by atoms with Crippen LogP contribution in [-0.2, 0) is 4.79 Å². The molecule has 0 saturated carbocycles. The number of hydrogen-bond acceptors (Lipinski definition) is 3. The van der Waals surface area contributed by atoms with Gasteiger partial charge in [-0.1, -0.05) is 19.4 Å². The Kier molecular flexibility index (Phi) is 5.77. The highest BCUT2D eigenvalue weighted by Crippen LogP contribution is 2.28. The Hall–Kier alpha value is -1.97. The van der Waals surface area contributed by atoms with Gasteiger partial charge in [-0.05, 0) is 30.2 Å². The van der Waals surface area contributed by atoms with Gasteiger partial charge in [-0.15, -0.1) is 0 Å². The van der Waals surface area contributed by atoms with Crippen molar-refractivity contribution < 1.29 is 14.3 Å². The van der Waals surface area contributed by atoms with Gasteiger partial charge in [0.1, 0.15) is 0 Å². The number of ether oxygens (including phenoxy) is 2. The smallest absolute Gasteiger partial charge is 0.241 e. The second-order valence-electron chi connectivity index (χ2n) is 3.85. The zero-order valence-electron chi connectivity index (χ0n) is 10.8. The van der Waals surface area contributed by atoms with Gasteiger partial charge in [-0.25, -0.2) is 0 Å². The first-order chi connectivity index (χ1) is 8.67. The maximum absolute atomic E-state index is 10.6. The van der Waals surface area contributed by atoms with Gasteiger partial charge < -0.3 is 15.2 Å². The van der Waals surface area contributed by atoms with Crippen LogP contribution in [0.4, 0.5) is 0 Å². The highest BCUT2D eigenvalue weighted by Gasteiger charge is 2.04. The molecule has 0 unspecified atom stereocenters. The molecule has 98 valence electrons. The molecule has 0 aliphatic rings. The van der Waals surface area contributed by atoms with Gasteiger partial charge in [0.2, 0.25) is 5.91 Å². The Morgan fingerprint density at radius 1 is 1.39 bits per heavy atom. The molecule has 1 aromatic carbocycles. The van der Waals surface area contributed by atoms with Gasteiger partial charge in [-0.2, -0.15) is 0 Å². The molecule has 4 heteroatoms. The van der Waals surface area contributed by atoms with E-state index in [9.17, 15) is 4.79 Å². The molecule has 0 bridgehead atoms. The van der Waals surface area contributed by atoms with E-state index in [0.29, 0.717) is 18.1 Å². The highest BCUT2D eigenvalue weighted by atomic mass is 16.5. The van der Waals surface area contributed by atoms with E-state index in [1.54, 1.807) is 19.3 Å². The van der Waals surface area contributed by atoms with E-state index in [1.165, 1.54) is 6.08 Å². The van der Waals surface area contributed by atoms with E-state index in [2.05, 4.69) is 6.92 Å². The Morgan fingerprint density at radius 2 is 2.17 bits per heavy atom. The molecule has 0 aliphatic carbocycles. The van der Waals surface area contributed by atoms with Crippen LogP contribution in [0.25, 0.3) is 6.08 Å². The summed E-state index contributed by atoms with van der Waals surface area (Å²) in [5, 5.41) is 0. The fourth-order valence-electron chi connectivity index (χ4n) is 1.41. The van der Waals surface area contributed by atoms with E-state index in [-0.39, 0.29) is 0 Å². The largest absolute Gasteiger partial charge is 0.493 e. The topological polar surface area (TPSA) is 61.5 Å². The van der Waals surface area contributed by atoms with E-state index in [1.807, 2.05) is 12.1 Å². The lowest BCUT2D eigenvalue weighted by Crippen LogP contribution is -2.05. The number of hydrogen-bond donors (Lipinski definition) is 1. The zero-order valence-corrected chi connectivity index (χ0v) is 10.8. The van der Waals surface area contributed by atoms with Crippen molar-refractivity contribution in [1.29, 1.82) is 0 Å². The Labute approximate surface area is 107 Å².